The Labute approximate surface area is 142 Å². The summed E-state index contributed by atoms with van der Waals surface area (Å²) in [6.07, 6.45) is 0.617. The molecule has 6 heteroatoms. The molecule has 1 heterocycles. The number of nitrogens with zero attached hydrogens (tertiary/aromatic N) is 1. The van der Waals surface area contributed by atoms with E-state index < -0.39 is 16.9 Å². The summed E-state index contributed by atoms with van der Waals surface area (Å²) in [7, 11) is 0. The quantitative estimate of drug-likeness (QED) is 0.922. The Balaban J connectivity index is 2.18. The van der Waals surface area contributed by atoms with Gasteiger partial charge in [-0.15, -0.1) is 0 Å². The van der Waals surface area contributed by atoms with E-state index in [2.05, 4.69) is 0 Å². The standard InChI is InChI=1S/C18H25FN2O3/c1-17(2,3)24-16(23)21-10-8-18(9-11-21,12-15(20)22)13-6-4-5-7-14(13)19/h4-7H,8-12H2,1-3H3,(H2,20,22). The first-order valence-electron chi connectivity index (χ1n) is 8.14. The van der Waals surface area contributed by atoms with Gasteiger partial charge in [0.2, 0.25) is 5.91 Å². The van der Waals surface area contributed by atoms with E-state index in [0.29, 0.717) is 31.5 Å². The molecule has 0 aliphatic carbocycles. The van der Waals surface area contributed by atoms with Crippen molar-refractivity contribution in [1.29, 1.82) is 0 Å². The maximum Gasteiger partial charge on any atom is 0.410 e. The Hall–Kier alpha value is -2.11. The SMILES string of the molecule is CC(C)(C)OC(=O)N1CCC(CC(N)=O)(c2ccccc2F)CC1. The number of rotatable bonds is 3. The molecule has 1 aliphatic rings. The summed E-state index contributed by atoms with van der Waals surface area (Å²) in [4.78, 5) is 25.3. The lowest BCUT2D eigenvalue weighted by Gasteiger charge is -2.42. The number of halogens is 1. The van der Waals surface area contributed by atoms with Crippen LogP contribution in [0.15, 0.2) is 24.3 Å². The third kappa shape index (κ3) is 4.24. The van der Waals surface area contributed by atoms with Crippen molar-refractivity contribution >= 4 is 12.0 Å². The molecule has 0 bridgehead atoms. The molecule has 2 N–H and O–H groups in total. The van der Waals surface area contributed by atoms with Gasteiger partial charge in [0.15, 0.2) is 0 Å². The highest BCUT2D eigenvalue weighted by Crippen LogP contribution is 2.40. The molecule has 5 nitrogen and oxygen atoms in total. The van der Waals surface area contributed by atoms with Crippen LogP contribution in [0, 0.1) is 5.82 Å². The van der Waals surface area contributed by atoms with Gasteiger partial charge in [-0.05, 0) is 45.2 Å². The van der Waals surface area contributed by atoms with E-state index in [9.17, 15) is 14.0 Å². The molecule has 24 heavy (non-hydrogen) atoms. The molecule has 1 saturated heterocycles. The van der Waals surface area contributed by atoms with Crippen molar-refractivity contribution in [2.45, 2.75) is 51.0 Å². The van der Waals surface area contributed by atoms with Crippen LogP contribution in [0.25, 0.3) is 0 Å². The number of nitrogens with two attached hydrogens (primary N) is 1. The Kier molecular flexibility index (Phi) is 5.16. The highest BCUT2D eigenvalue weighted by molar-refractivity contribution is 5.76. The molecule has 1 aromatic carbocycles. The largest absolute Gasteiger partial charge is 0.444 e. The first-order chi connectivity index (χ1) is 11.1. The van der Waals surface area contributed by atoms with Crippen LogP contribution in [0.2, 0.25) is 0 Å². The van der Waals surface area contributed by atoms with E-state index >= 15 is 0 Å². The normalized spacial score (nSPS) is 17.4. The molecule has 1 aromatic rings. The Bertz CT molecular complexity index is 617. The number of hydrogen-bond acceptors (Lipinski definition) is 3. The maximum absolute atomic E-state index is 14.3. The number of ether oxygens (including phenoxy) is 1. The zero-order chi connectivity index (χ0) is 18.0. The molecular weight excluding hydrogens is 311 g/mol. The van der Waals surface area contributed by atoms with Gasteiger partial charge >= 0.3 is 6.09 Å². The number of carbonyl (C=O) groups excluding carboxylic acids is 2. The molecule has 2 rings (SSSR count). The van der Waals surface area contributed by atoms with Crippen molar-refractivity contribution < 1.29 is 18.7 Å². The monoisotopic (exact) mass is 336 g/mol. The van der Waals surface area contributed by atoms with Crippen LogP contribution >= 0.6 is 0 Å². The minimum atomic E-state index is -0.671. The summed E-state index contributed by atoms with van der Waals surface area (Å²) in [5.41, 5.74) is 4.66. The predicted octanol–water partition coefficient (Wildman–Crippen LogP) is 2.97. The lowest BCUT2D eigenvalue weighted by molar-refractivity contribution is -0.119. The first kappa shape index (κ1) is 18.2. The van der Waals surface area contributed by atoms with Crippen molar-refractivity contribution in [2.24, 2.45) is 5.73 Å². The fourth-order valence-corrected chi connectivity index (χ4v) is 3.21. The molecule has 0 atom stereocenters. The van der Waals surface area contributed by atoms with Crippen LogP contribution < -0.4 is 5.73 Å². The van der Waals surface area contributed by atoms with Crippen LogP contribution in [0.3, 0.4) is 0 Å². The van der Waals surface area contributed by atoms with E-state index in [0.717, 1.165) is 0 Å². The lowest BCUT2D eigenvalue weighted by Crippen LogP contribution is -2.48. The van der Waals surface area contributed by atoms with Gasteiger partial charge in [0.05, 0.1) is 0 Å². The average Bonchev–Trinajstić information content (AvgIpc) is 2.45. The fraction of sp³-hybridized carbons (Fsp3) is 0.556. The van der Waals surface area contributed by atoms with E-state index in [1.54, 1.807) is 23.1 Å². The number of hydrogen-bond donors (Lipinski definition) is 1. The maximum atomic E-state index is 14.3. The van der Waals surface area contributed by atoms with Gasteiger partial charge in [-0.1, -0.05) is 18.2 Å². The molecule has 0 spiro atoms. The van der Waals surface area contributed by atoms with Crippen LogP contribution in [0.4, 0.5) is 9.18 Å². The van der Waals surface area contributed by atoms with E-state index in [-0.39, 0.29) is 18.3 Å². The van der Waals surface area contributed by atoms with Crippen molar-refractivity contribution in [3.8, 4) is 0 Å². The van der Waals surface area contributed by atoms with Gasteiger partial charge in [-0.25, -0.2) is 9.18 Å². The molecule has 0 unspecified atom stereocenters. The zero-order valence-corrected chi connectivity index (χ0v) is 14.5. The van der Waals surface area contributed by atoms with Crippen molar-refractivity contribution in [3.63, 3.8) is 0 Å². The summed E-state index contributed by atoms with van der Waals surface area (Å²) in [6, 6.07) is 6.45. The van der Waals surface area contributed by atoms with Crippen LogP contribution in [-0.2, 0) is 14.9 Å². The van der Waals surface area contributed by atoms with Gasteiger partial charge in [0.1, 0.15) is 11.4 Å². The number of amides is 2. The van der Waals surface area contributed by atoms with E-state index in [4.69, 9.17) is 10.5 Å². The van der Waals surface area contributed by atoms with E-state index in [1.807, 2.05) is 20.8 Å². The number of benzene rings is 1. The minimum absolute atomic E-state index is 0.0656. The molecule has 132 valence electrons. The van der Waals surface area contributed by atoms with Gasteiger partial charge in [0.25, 0.3) is 0 Å². The van der Waals surface area contributed by atoms with Gasteiger partial charge < -0.3 is 15.4 Å². The summed E-state index contributed by atoms with van der Waals surface area (Å²) in [5, 5.41) is 0. The first-order valence-corrected chi connectivity index (χ1v) is 8.14. The fourth-order valence-electron chi connectivity index (χ4n) is 3.21. The second-order valence-corrected chi connectivity index (χ2v) is 7.37. The number of likely N-dealkylation sites (tertiary alicyclic amines) is 1. The zero-order valence-electron chi connectivity index (χ0n) is 14.5. The third-order valence-corrected chi connectivity index (χ3v) is 4.33. The van der Waals surface area contributed by atoms with Crippen molar-refractivity contribution in [1.82, 2.24) is 4.90 Å². The van der Waals surface area contributed by atoms with Gasteiger partial charge in [-0.2, -0.15) is 0 Å². The van der Waals surface area contributed by atoms with Gasteiger partial charge in [-0.3, -0.25) is 4.79 Å². The second kappa shape index (κ2) is 6.79. The van der Waals surface area contributed by atoms with Crippen LogP contribution in [-0.4, -0.2) is 35.6 Å². The summed E-state index contributed by atoms with van der Waals surface area (Å²) >= 11 is 0. The van der Waals surface area contributed by atoms with Crippen LogP contribution in [0.1, 0.15) is 45.6 Å². The Morgan fingerprint density at radius 1 is 1.25 bits per heavy atom. The van der Waals surface area contributed by atoms with Crippen molar-refractivity contribution in [3.05, 3.63) is 35.6 Å². The molecule has 0 aromatic heterocycles. The molecule has 1 fully saturated rings. The molecule has 0 radical (unpaired) electrons. The summed E-state index contributed by atoms with van der Waals surface area (Å²) < 4.78 is 19.7. The summed E-state index contributed by atoms with van der Waals surface area (Å²) in [5.74, 6) is -0.812. The van der Waals surface area contributed by atoms with Crippen molar-refractivity contribution in [2.75, 3.05) is 13.1 Å². The van der Waals surface area contributed by atoms with Gasteiger partial charge in [0, 0.05) is 24.9 Å². The minimum Gasteiger partial charge on any atom is -0.444 e. The third-order valence-electron chi connectivity index (χ3n) is 4.33. The van der Waals surface area contributed by atoms with Crippen LogP contribution in [0.5, 0.6) is 0 Å². The number of piperidine rings is 1. The molecule has 1 aliphatic heterocycles. The molecular formula is C18H25FN2O3. The Morgan fingerprint density at radius 3 is 2.33 bits per heavy atom. The number of primary amides is 1. The second-order valence-electron chi connectivity index (χ2n) is 7.37. The highest BCUT2D eigenvalue weighted by Gasteiger charge is 2.41. The van der Waals surface area contributed by atoms with E-state index in [1.165, 1.54) is 6.07 Å². The summed E-state index contributed by atoms with van der Waals surface area (Å²) in [6.45, 7) is 6.23. The number of carbonyl (C=O) groups is 2. The Morgan fingerprint density at radius 2 is 1.83 bits per heavy atom. The smallest absolute Gasteiger partial charge is 0.410 e. The topological polar surface area (TPSA) is 72.6 Å². The highest BCUT2D eigenvalue weighted by atomic mass is 19.1. The lowest BCUT2D eigenvalue weighted by atomic mass is 9.70. The molecule has 2 amide bonds. The predicted molar refractivity (Wildman–Crippen MR) is 88.9 cm³/mol. The average molecular weight is 336 g/mol. The molecule has 0 saturated carbocycles.